The van der Waals surface area contributed by atoms with Crippen molar-refractivity contribution in [1.82, 2.24) is 9.78 Å². The van der Waals surface area contributed by atoms with Gasteiger partial charge >= 0.3 is 0 Å². The maximum absolute atomic E-state index is 12.0. The average Bonchev–Trinajstić information content (AvgIpc) is 2.79. The lowest BCUT2D eigenvalue weighted by molar-refractivity contribution is -0.115. The number of hydrogen-bond acceptors (Lipinski definition) is 3. The lowest BCUT2D eigenvalue weighted by Crippen LogP contribution is -2.15. The van der Waals surface area contributed by atoms with E-state index in [9.17, 15) is 4.79 Å². The molecular formula is C15H16N4O. The van der Waals surface area contributed by atoms with Gasteiger partial charge in [-0.05, 0) is 24.1 Å². The van der Waals surface area contributed by atoms with Gasteiger partial charge < -0.3 is 5.32 Å². The number of nitrogens with zero attached hydrogens (tertiary/aromatic N) is 3. The Morgan fingerprint density at radius 2 is 2.10 bits per heavy atom. The van der Waals surface area contributed by atoms with Crippen LogP contribution in [-0.2, 0) is 24.7 Å². The highest BCUT2D eigenvalue weighted by atomic mass is 16.1. The second kappa shape index (κ2) is 6.02. The molecule has 1 amide bonds. The molecule has 1 heterocycles. The third-order valence-electron chi connectivity index (χ3n) is 2.96. The first-order chi connectivity index (χ1) is 9.62. The lowest BCUT2D eigenvalue weighted by Gasteiger charge is -2.04. The van der Waals surface area contributed by atoms with E-state index >= 15 is 0 Å². The highest BCUT2D eigenvalue weighted by Crippen LogP contribution is 2.14. The number of amides is 1. The van der Waals surface area contributed by atoms with Gasteiger partial charge in [0.05, 0.1) is 29.4 Å². The number of rotatable bonds is 4. The summed E-state index contributed by atoms with van der Waals surface area (Å²) >= 11 is 0. The van der Waals surface area contributed by atoms with E-state index in [1.807, 2.05) is 14.0 Å². The van der Waals surface area contributed by atoms with Crippen molar-refractivity contribution in [2.45, 2.75) is 19.8 Å². The summed E-state index contributed by atoms with van der Waals surface area (Å²) in [4.78, 5) is 12.0. The monoisotopic (exact) mass is 268 g/mol. The van der Waals surface area contributed by atoms with Crippen LogP contribution in [0.2, 0.25) is 0 Å². The molecular weight excluding hydrogens is 252 g/mol. The molecule has 20 heavy (non-hydrogen) atoms. The van der Waals surface area contributed by atoms with Crippen LogP contribution < -0.4 is 5.32 Å². The second-order valence-corrected chi connectivity index (χ2v) is 4.55. The third-order valence-corrected chi connectivity index (χ3v) is 2.96. The van der Waals surface area contributed by atoms with Gasteiger partial charge in [-0.1, -0.05) is 19.1 Å². The number of aromatic nitrogens is 2. The Balaban J connectivity index is 2.03. The van der Waals surface area contributed by atoms with E-state index in [1.165, 1.54) is 0 Å². The zero-order valence-electron chi connectivity index (χ0n) is 11.6. The summed E-state index contributed by atoms with van der Waals surface area (Å²) in [5, 5.41) is 15.9. The molecule has 0 radical (unpaired) electrons. The highest BCUT2D eigenvalue weighted by molar-refractivity contribution is 5.92. The minimum Gasteiger partial charge on any atom is -0.323 e. The Bertz CT molecular complexity index is 650. The van der Waals surface area contributed by atoms with E-state index in [0.29, 0.717) is 5.56 Å². The van der Waals surface area contributed by atoms with Crippen LogP contribution >= 0.6 is 0 Å². The predicted molar refractivity (Wildman–Crippen MR) is 76.1 cm³/mol. The molecule has 5 nitrogen and oxygen atoms in total. The SMILES string of the molecule is CCc1nn(C)cc1NC(=O)Cc1ccc(C#N)cc1. The van der Waals surface area contributed by atoms with Gasteiger partial charge in [0.15, 0.2) is 0 Å². The van der Waals surface area contributed by atoms with E-state index in [4.69, 9.17) is 5.26 Å². The van der Waals surface area contributed by atoms with Crippen LogP contribution in [-0.4, -0.2) is 15.7 Å². The molecule has 5 heteroatoms. The maximum atomic E-state index is 12.0. The minimum absolute atomic E-state index is 0.0857. The topological polar surface area (TPSA) is 70.7 Å². The number of nitriles is 1. The van der Waals surface area contributed by atoms with Gasteiger partial charge in [0.25, 0.3) is 0 Å². The number of anilines is 1. The molecule has 102 valence electrons. The molecule has 0 aliphatic heterocycles. The summed E-state index contributed by atoms with van der Waals surface area (Å²) in [7, 11) is 1.83. The van der Waals surface area contributed by atoms with Crippen molar-refractivity contribution in [3.05, 3.63) is 47.3 Å². The number of nitrogens with one attached hydrogen (secondary N) is 1. The Morgan fingerprint density at radius 1 is 1.40 bits per heavy atom. The van der Waals surface area contributed by atoms with Crippen molar-refractivity contribution >= 4 is 11.6 Å². The van der Waals surface area contributed by atoms with Gasteiger partial charge in [0.1, 0.15) is 0 Å². The smallest absolute Gasteiger partial charge is 0.228 e. The third kappa shape index (κ3) is 3.23. The number of carbonyl (C=O) groups is 1. The van der Waals surface area contributed by atoms with Crippen molar-refractivity contribution < 1.29 is 4.79 Å². The Hall–Kier alpha value is -2.61. The number of hydrogen-bond donors (Lipinski definition) is 1. The zero-order chi connectivity index (χ0) is 14.5. The van der Waals surface area contributed by atoms with E-state index in [1.54, 1.807) is 35.1 Å². The molecule has 2 aromatic rings. The lowest BCUT2D eigenvalue weighted by atomic mass is 10.1. The summed E-state index contributed by atoms with van der Waals surface area (Å²) < 4.78 is 1.69. The van der Waals surface area contributed by atoms with Crippen LogP contribution in [0.15, 0.2) is 30.5 Å². The van der Waals surface area contributed by atoms with Gasteiger partial charge in [-0.25, -0.2) is 0 Å². The highest BCUT2D eigenvalue weighted by Gasteiger charge is 2.10. The van der Waals surface area contributed by atoms with Gasteiger partial charge in [-0.2, -0.15) is 10.4 Å². The molecule has 0 bridgehead atoms. The first-order valence-electron chi connectivity index (χ1n) is 6.43. The number of aryl methyl sites for hydroxylation is 2. The normalized spacial score (nSPS) is 10.1. The maximum Gasteiger partial charge on any atom is 0.228 e. The van der Waals surface area contributed by atoms with Crippen molar-refractivity contribution in [3.63, 3.8) is 0 Å². The van der Waals surface area contributed by atoms with Crippen LogP contribution in [0, 0.1) is 11.3 Å². The summed E-state index contributed by atoms with van der Waals surface area (Å²) in [6, 6.07) is 9.07. The molecule has 1 aromatic carbocycles. The quantitative estimate of drug-likeness (QED) is 0.922. The molecule has 2 rings (SSSR count). The van der Waals surface area contributed by atoms with E-state index in [2.05, 4.69) is 16.5 Å². The largest absolute Gasteiger partial charge is 0.323 e. The van der Waals surface area contributed by atoms with Gasteiger partial charge in [-0.15, -0.1) is 0 Å². The van der Waals surface area contributed by atoms with Gasteiger partial charge in [0, 0.05) is 13.2 Å². The van der Waals surface area contributed by atoms with Crippen molar-refractivity contribution in [3.8, 4) is 6.07 Å². The Kier molecular flexibility index (Phi) is 4.16. The van der Waals surface area contributed by atoms with Gasteiger partial charge in [0.2, 0.25) is 5.91 Å². The summed E-state index contributed by atoms with van der Waals surface area (Å²) in [5.41, 5.74) is 3.10. The molecule has 0 fully saturated rings. The van der Waals surface area contributed by atoms with Crippen LogP contribution in [0.5, 0.6) is 0 Å². The van der Waals surface area contributed by atoms with E-state index < -0.39 is 0 Å². The minimum atomic E-state index is -0.0857. The molecule has 0 spiro atoms. The standard InChI is InChI=1S/C15H16N4O/c1-3-13-14(10-19(2)18-13)17-15(20)8-11-4-6-12(9-16)7-5-11/h4-7,10H,3,8H2,1-2H3,(H,17,20). The van der Waals surface area contributed by atoms with Crippen LogP contribution in [0.4, 0.5) is 5.69 Å². The molecule has 0 unspecified atom stereocenters. The number of benzene rings is 1. The summed E-state index contributed by atoms with van der Waals surface area (Å²) in [6.45, 7) is 2.00. The fraction of sp³-hybridized carbons (Fsp3) is 0.267. The molecule has 0 saturated heterocycles. The Morgan fingerprint density at radius 3 is 2.70 bits per heavy atom. The molecule has 1 aromatic heterocycles. The van der Waals surface area contributed by atoms with Crippen LogP contribution in [0.25, 0.3) is 0 Å². The fourth-order valence-corrected chi connectivity index (χ4v) is 1.98. The van der Waals surface area contributed by atoms with E-state index in [-0.39, 0.29) is 12.3 Å². The summed E-state index contributed by atoms with van der Waals surface area (Å²) in [6.07, 6.45) is 2.85. The van der Waals surface area contributed by atoms with Crippen molar-refractivity contribution in [1.29, 1.82) is 5.26 Å². The molecule has 0 aliphatic carbocycles. The number of carbonyl (C=O) groups excluding carboxylic acids is 1. The molecule has 0 saturated carbocycles. The summed E-state index contributed by atoms with van der Waals surface area (Å²) in [5.74, 6) is -0.0857. The Labute approximate surface area is 117 Å². The van der Waals surface area contributed by atoms with Gasteiger partial charge in [-0.3, -0.25) is 9.48 Å². The molecule has 0 aliphatic rings. The molecule has 0 atom stereocenters. The molecule has 1 N–H and O–H groups in total. The fourth-order valence-electron chi connectivity index (χ4n) is 1.98. The van der Waals surface area contributed by atoms with E-state index in [0.717, 1.165) is 23.4 Å². The first-order valence-corrected chi connectivity index (χ1v) is 6.43. The second-order valence-electron chi connectivity index (χ2n) is 4.55. The first kappa shape index (κ1) is 13.8. The predicted octanol–water partition coefficient (Wildman–Crippen LogP) is 2.04. The van der Waals surface area contributed by atoms with Crippen molar-refractivity contribution in [2.75, 3.05) is 5.32 Å². The average molecular weight is 268 g/mol. The van der Waals surface area contributed by atoms with Crippen molar-refractivity contribution in [2.24, 2.45) is 7.05 Å². The van der Waals surface area contributed by atoms with Crippen LogP contribution in [0.1, 0.15) is 23.7 Å². The zero-order valence-corrected chi connectivity index (χ0v) is 11.6. The van der Waals surface area contributed by atoms with Crippen LogP contribution in [0.3, 0.4) is 0 Å².